The summed E-state index contributed by atoms with van der Waals surface area (Å²) in [6, 6.07) is 7.26. The van der Waals surface area contributed by atoms with Gasteiger partial charge in [0.05, 0.1) is 31.3 Å². The second-order valence-corrected chi connectivity index (χ2v) is 4.53. The number of aromatic nitrogens is 2. The van der Waals surface area contributed by atoms with Crippen LogP contribution >= 0.6 is 0 Å². The number of carbonyl (C=O) groups is 2. The predicted octanol–water partition coefficient (Wildman–Crippen LogP) is 1.74. The molecule has 2 aromatic rings. The molecule has 0 saturated carbocycles. The van der Waals surface area contributed by atoms with Crippen LogP contribution < -0.4 is 0 Å². The molecule has 1 aromatic heterocycles. The van der Waals surface area contributed by atoms with Crippen LogP contribution in [0.25, 0.3) is 0 Å². The molecule has 1 N–H and O–H groups in total. The van der Waals surface area contributed by atoms with E-state index in [1.54, 1.807) is 29.9 Å². The zero-order valence-corrected chi connectivity index (χ0v) is 11.7. The number of hydrogen-bond acceptors (Lipinski definition) is 4. The predicted molar refractivity (Wildman–Crippen MR) is 75.1 cm³/mol. The van der Waals surface area contributed by atoms with E-state index in [2.05, 4.69) is 5.10 Å². The van der Waals surface area contributed by atoms with Gasteiger partial charge in [-0.25, -0.2) is 4.79 Å². The van der Waals surface area contributed by atoms with Gasteiger partial charge in [-0.15, -0.1) is 0 Å². The Hall–Kier alpha value is -2.63. The summed E-state index contributed by atoms with van der Waals surface area (Å²) in [5, 5.41) is 12.8. The van der Waals surface area contributed by atoms with E-state index in [0.717, 1.165) is 11.1 Å². The van der Waals surface area contributed by atoms with Gasteiger partial charge in [-0.2, -0.15) is 5.10 Å². The second kappa shape index (κ2) is 6.69. The number of carboxylic acids is 1. The number of benzene rings is 1. The highest BCUT2D eigenvalue weighted by atomic mass is 16.5. The molecule has 2 rings (SSSR count). The van der Waals surface area contributed by atoms with E-state index in [1.165, 1.54) is 6.20 Å². The fourth-order valence-electron chi connectivity index (χ4n) is 1.89. The Morgan fingerprint density at radius 3 is 2.52 bits per heavy atom. The fourth-order valence-corrected chi connectivity index (χ4v) is 1.89. The molecule has 110 valence electrons. The molecule has 6 heteroatoms. The molecule has 1 heterocycles. The number of carboxylic acid groups (broad SMARTS) is 1. The van der Waals surface area contributed by atoms with Crippen molar-refractivity contribution in [2.75, 3.05) is 6.61 Å². The Kier molecular flexibility index (Phi) is 4.71. The molecule has 0 spiro atoms. The van der Waals surface area contributed by atoms with Gasteiger partial charge in [-0.05, 0) is 18.1 Å². The molecule has 0 fully saturated rings. The van der Waals surface area contributed by atoms with E-state index in [4.69, 9.17) is 9.84 Å². The largest absolute Gasteiger partial charge is 0.481 e. The summed E-state index contributed by atoms with van der Waals surface area (Å²) >= 11 is 0. The lowest BCUT2D eigenvalue weighted by molar-refractivity contribution is -0.136. The van der Waals surface area contributed by atoms with Gasteiger partial charge in [0, 0.05) is 6.20 Å². The van der Waals surface area contributed by atoms with Crippen molar-refractivity contribution < 1.29 is 19.4 Å². The number of carbonyl (C=O) groups excluding carboxylic acids is 1. The minimum atomic E-state index is -0.853. The first-order valence-electron chi connectivity index (χ1n) is 6.57. The van der Waals surface area contributed by atoms with E-state index in [0.29, 0.717) is 18.7 Å². The van der Waals surface area contributed by atoms with Crippen LogP contribution in [0.3, 0.4) is 0 Å². The van der Waals surface area contributed by atoms with Gasteiger partial charge in [0.1, 0.15) is 0 Å². The lowest BCUT2D eigenvalue weighted by Crippen LogP contribution is -2.04. The number of nitrogens with zero attached hydrogens (tertiary/aromatic N) is 2. The molecule has 0 aliphatic rings. The quantitative estimate of drug-likeness (QED) is 0.819. The van der Waals surface area contributed by atoms with E-state index in [-0.39, 0.29) is 12.4 Å². The van der Waals surface area contributed by atoms with Crippen molar-refractivity contribution in [3.63, 3.8) is 0 Å². The Labute approximate surface area is 122 Å². The molecular weight excluding hydrogens is 272 g/mol. The number of hydrogen-bond donors (Lipinski definition) is 1. The fraction of sp³-hybridized carbons (Fsp3) is 0.267. The topological polar surface area (TPSA) is 81.4 Å². The third kappa shape index (κ3) is 4.17. The van der Waals surface area contributed by atoms with Crippen LogP contribution in [-0.4, -0.2) is 33.4 Å². The summed E-state index contributed by atoms with van der Waals surface area (Å²) in [5.74, 6) is -1.24. The second-order valence-electron chi connectivity index (χ2n) is 4.53. The van der Waals surface area contributed by atoms with Crippen molar-refractivity contribution >= 4 is 11.9 Å². The number of ether oxygens (including phenoxy) is 1. The average Bonchev–Trinajstić information content (AvgIpc) is 2.89. The Morgan fingerprint density at radius 1 is 1.24 bits per heavy atom. The van der Waals surface area contributed by atoms with Crippen LogP contribution in [0.2, 0.25) is 0 Å². The van der Waals surface area contributed by atoms with Gasteiger partial charge >= 0.3 is 11.9 Å². The summed E-state index contributed by atoms with van der Waals surface area (Å²) < 4.78 is 6.53. The molecule has 21 heavy (non-hydrogen) atoms. The Balaban J connectivity index is 2.01. The van der Waals surface area contributed by atoms with Crippen LogP contribution in [0.4, 0.5) is 0 Å². The molecule has 0 amide bonds. The van der Waals surface area contributed by atoms with Crippen molar-refractivity contribution in [1.29, 1.82) is 0 Å². The zero-order chi connectivity index (χ0) is 15.2. The SMILES string of the molecule is CCOC(=O)c1cnn(Cc2ccc(CC(=O)O)cc2)c1. The molecule has 0 atom stereocenters. The van der Waals surface area contributed by atoms with Crippen LogP contribution in [0.5, 0.6) is 0 Å². The molecule has 0 aliphatic carbocycles. The number of aliphatic carboxylic acids is 1. The number of esters is 1. The van der Waals surface area contributed by atoms with Crippen LogP contribution in [-0.2, 0) is 22.5 Å². The van der Waals surface area contributed by atoms with Crippen molar-refractivity contribution in [3.8, 4) is 0 Å². The smallest absolute Gasteiger partial charge is 0.341 e. The van der Waals surface area contributed by atoms with Crippen molar-refractivity contribution in [1.82, 2.24) is 9.78 Å². The molecule has 6 nitrogen and oxygen atoms in total. The maximum atomic E-state index is 11.5. The van der Waals surface area contributed by atoms with Crippen LogP contribution in [0.1, 0.15) is 28.4 Å². The third-order valence-electron chi connectivity index (χ3n) is 2.87. The highest BCUT2D eigenvalue weighted by Gasteiger charge is 2.09. The van der Waals surface area contributed by atoms with Crippen LogP contribution in [0, 0.1) is 0 Å². The van der Waals surface area contributed by atoms with Gasteiger partial charge in [0.2, 0.25) is 0 Å². The van der Waals surface area contributed by atoms with Gasteiger partial charge in [0.15, 0.2) is 0 Å². The molecule has 0 radical (unpaired) electrons. The lowest BCUT2D eigenvalue weighted by atomic mass is 10.1. The first kappa shape index (κ1) is 14.8. The summed E-state index contributed by atoms with van der Waals surface area (Å²) in [7, 11) is 0. The molecule has 0 bridgehead atoms. The summed E-state index contributed by atoms with van der Waals surface area (Å²) in [6.45, 7) is 2.59. The molecular formula is C15H16N2O4. The van der Waals surface area contributed by atoms with Crippen molar-refractivity contribution in [3.05, 3.63) is 53.3 Å². The van der Waals surface area contributed by atoms with E-state index >= 15 is 0 Å². The lowest BCUT2D eigenvalue weighted by Gasteiger charge is -2.03. The summed E-state index contributed by atoms with van der Waals surface area (Å²) in [6.07, 6.45) is 3.11. The molecule has 1 aromatic carbocycles. The first-order valence-corrected chi connectivity index (χ1v) is 6.57. The van der Waals surface area contributed by atoms with Gasteiger partial charge in [-0.3, -0.25) is 9.48 Å². The summed E-state index contributed by atoms with van der Waals surface area (Å²) in [5.41, 5.74) is 2.14. The normalized spacial score (nSPS) is 10.3. The van der Waals surface area contributed by atoms with Gasteiger partial charge in [0.25, 0.3) is 0 Å². The Morgan fingerprint density at radius 2 is 1.90 bits per heavy atom. The highest BCUT2D eigenvalue weighted by molar-refractivity contribution is 5.88. The third-order valence-corrected chi connectivity index (χ3v) is 2.87. The van der Waals surface area contributed by atoms with Gasteiger partial charge in [-0.1, -0.05) is 24.3 Å². The Bertz CT molecular complexity index is 631. The zero-order valence-electron chi connectivity index (χ0n) is 11.7. The molecule has 0 unspecified atom stereocenters. The maximum absolute atomic E-state index is 11.5. The first-order chi connectivity index (χ1) is 10.1. The van der Waals surface area contributed by atoms with Crippen molar-refractivity contribution in [2.24, 2.45) is 0 Å². The van der Waals surface area contributed by atoms with E-state index in [1.807, 2.05) is 12.1 Å². The van der Waals surface area contributed by atoms with Crippen LogP contribution in [0.15, 0.2) is 36.7 Å². The van der Waals surface area contributed by atoms with Crippen molar-refractivity contribution in [2.45, 2.75) is 19.9 Å². The summed E-state index contributed by atoms with van der Waals surface area (Å²) in [4.78, 5) is 22.1. The minimum absolute atomic E-state index is 0.00898. The highest BCUT2D eigenvalue weighted by Crippen LogP contribution is 2.08. The van der Waals surface area contributed by atoms with Gasteiger partial charge < -0.3 is 9.84 Å². The average molecular weight is 288 g/mol. The monoisotopic (exact) mass is 288 g/mol. The minimum Gasteiger partial charge on any atom is -0.481 e. The number of rotatable bonds is 6. The molecule has 0 saturated heterocycles. The maximum Gasteiger partial charge on any atom is 0.341 e. The standard InChI is InChI=1S/C15H16N2O4/c1-2-21-15(20)13-8-16-17(10-13)9-12-5-3-11(4-6-12)7-14(18)19/h3-6,8,10H,2,7,9H2,1H3,(H,18,19). The van der Waals surface area contributed by atoms with E-state index < -0.39 is 5.97 Å². The van der Waals surface area contributed by atoms with E-state index in [9.17, 15) is 9.59 Å². The molecule has 0 aliphatic heterocycles.